The highest BCUT2D eigenvalue weighted by Crippen LogP contribution is 2.22. The zero-order chi connectivity index (χ0) is 20.3. The minimum absolute atomic E-state index is 0.0578. The molecule has 0 heterocycles. The lowest BCUT2D eigenvalue weighted by molar-refractivity contribution is -0.127. The lowest BCUT2D eigenvalue weighted by Crippen LogP contribution is -2.51. The molecule has 0 radical (unpaired) electrons. The zero-order valence-electron chi connectivity index (χ0n) is 18.0. The monoisotopic (exact) mass is 394 g/mol. The van der Waals surface area contributed by atoms with Gasteiger partial charge in [-0.25, -0.2) is 0 Å². The van der Waals surface area contributed by atoms with Gasteiger partial charge in [-0.1, -0.05) is 32.6 Å². The predicted molar refractivity (Wildman–Crippen MR) is 117 cm³/mol. The van der Waals surface area contributed by atoms with Gasteiger partial charge in [-0.3, -0.25) is 9.69 Å². The Bertz CT molecular complexity index is 540. The third kappa shape index (κ3) is 10.1. The molecule has 27 heavy (non-hydrogen) atoms. The molecule has 1 N–H and O–H groups in total. The van der Waals surface area contributed by atoms with E-state index in [1.54, 1.807) is 7.11 Å². The maximum Gasteiger partial charge on any atom is 0.237 e. The number of unbranched alkanes of at least 4 members (excludes halogenated alkanes) is 3. The summed E-state index contributed by atoms with van der Waals surface area (Å²) in [6.07, 6.45) is 5.68. The Morgan fingerprint density at radius 3 is 2.41 bits per heavy atom. The van der Waals surface area contributed by atoms with Gasteiger partial charge >= 0.3 is 0 Å². The number of nitrogens with one attached hydrogen (secondary N) is 1. The summed E-state index contributed by atoms with van der Waals surface area (Å²) in [5.74, 6) is 1.98. The van der Waals surface area contributed by atoms with Gasteiger partial charge in [0.1, 0.15) is 5.75 Å². The standard InChI is InChI=1S/C22H38N2O2S/c1-7-8-9-10-11-20(21(25)23-22(2,3)4)24(5)16-17-27-19-14-12-18(26-6)13-15-19/h12-15,20H,7-11,16-17H2,1-6H3,(H,23,25). The predicted octanol–water partition coefficient (Wildman–Crippen LogP) is 4.97. The van der Waals surface area contributed by atoms with Crippen molar-refractivity contribution in [3.05, 3.63) is 24.3 Å². The van der Waals surface area contributed by atoms with Gasteiger partial charge in [0.05, 0.1) is 13.2 Å². The molecule has 0 aromatic heterocycles. The van der Waals surface area contributed by atoms with Crippen LogP contribution in [0.25, 0.3) is 0 Å². The van der Waals surface area contributed by atoms with Crippen LogP contribution in [-0.2, 0) is 4.79 Å². The molecule has 0 fully saturated rings. The van der Waals surface area contributed by atoms with Crippen molar-refractivity contribution in [3.8, 4) is 5.75 Å². The summed E-state index contributed by atoms with van der Waals surface area (Å²) in [5.41, 5.74) is -0.197. The largest absolute Gasteiger partial charge is 0.497 e. The van der Waals surface area contributed by atoms with Crippen molar-refractivity contribution < 1.29 is 9.53 Å². The molecule has 1 aromatic carbocycles. The summed E-state index contributed by atoms with van der Waals surface area (Å²) in [5, 5.41) is 3.16. The Hall–Kier alpha value is -1.20. The first-order chi connectivity index (χ1) is 12.8. The van der Waals surface area contributed by atoms with Gasteiger partial charge in [0.15, 0.2) is 0 Å². The Kier molecular flexibility index (Phi) is 10.9. The number of likely N-dealkylation sites (N-methyl/N-ethyl adjacent to an activating group) is 1. The first-order valence-corrected chi connectivity index (χ1v) is 11.0. The van der Waals surface area contributed by atoms with Crippen molar-refractivity contribution >= 4 is 17.7 Å². The van der Waals surface area contributed by atoms with Crippen LogP contribution < -0.4 is 10.1 Å². The number of carbonyl (C=O) groups excluding carboxylic acids is 1. The minimum Gasteiger partial charge on any atom is -0.497 e. The van der Waals surface area contributed by atoms with Gasteiger partial charge in [-0.2, -0.15) is 0 Å². The van der Waals surface area contributed by atoms with Crippen LogP contribution in [0.5, 0.6) is 5.75 Å². The third-order valence-electron chi connectivity index (χ3n) is 4.44. The number of ether oxygens (including phenoxy) is 1. The molecule has 1 rings (SSSR count). The molecule has 4 nitrogen and oxygen atoms in total. The Morgan fingerprint density at radius 2 is 1.85 bits per heavy atom. The second-order valence-corrected chi connectivity index (χ2v) is 9.28. The van der Waals surface area contributed by atoms with E-state index < -0.39 is 0 Å². The molecule has 0 saturated carbocycles. The van der Waals surface area contributed by atoms with Crippen molar-refractivity contribution in [2.75, 3.05) is 26.5 Å². The van der Waals surface area contributed by atoms with Crippen LogP contribution in [0.4, 0.5) is 0 Å². The molecule has 1 aromatic rings. The Labute approximate surface area is 170 Å². The number of thioether (sulfide) groups is 1. The minimum atomic E-state index is -0.197. The van der Waals surface area contributed by atoms with Crippen LogP contribution in [0.1, 0.15) is 59.8 Å². The quantitative estimate of drug-likeness (QED) is 0.401. The molecule has 154 valence electrons. The Balaban J connectivity index is 2.56. The lowest BCUT2D eigenvalue weighted by Gasteiger charge is -2.30. The molecule has 0 aliphatic rings. The fourth-order valence-electron chi connectivity index (χ4n) is 2.90. The summed E-state index contributed by atoms with van der Waals surface area (Å²) in [7, 11) is 3.75. The van der Waals surface area contributed by atoms with E-state index in [9.17, 15) is 4.79 Å². The molecule has 0 saturated heterocycles. The van der Waals surface area contributed by atoms with E-state index in [2.05, 4.69) is 36.3 Å². The van der Waals surface area contributed by atoms with Gasteiger partial charge in [-0.05, 0) is 58.5 Å². The van der Waals surface area contributed by atoms with Gasteiger partial charge in [0.2, 0.25) is 5.91 Å². The van der Waals surface area contributed by atoms with Crippen LogP contribution in [0.2, 0.25) is 0 Å². The Morgan fingerprint density at radius 1 is 1.19 bits per heavy atom. The van der Waals surface area contributed by atoms with E-state index in [1.165, 1.54) is 24.2 Å². The second-order valence-electron chi connectivity index (χ2n) is 8.11. The smallest absolute Gasteiger partial charge is 0.237 e. The van der Waals surface area contributed by atoms with Crippen LogP contribution >= 0.6 is 11.8 Å². The lowest BCUT2D eigenvalue weighted by atomic mass is 10.0. The number of amides is 1. The molecule has 1 amide bonds. The van der Waals surface area contributed by atoms with E-state index in [0.717, 1.165) is 30.9 Å². The highest BCUT2D eigenvalue weighted by molar-refractivity contribution is 7.99. The van der Waals surface area contributed by atoms with Crippen LogP contribution in [0.3, 0.4) is 0 Å². The summed E-state index contributed by atoms with van der Waals surface area (Å²) in [6, 6.07) is 8.08. The van der Waals surface area contributed by atoms with Crippen molar-refractivity contribution in [1.82, 2.24) is 10.2 Å². The fourth-order valence-corrected chi connectivity index (χ4v) is 3.85. The van der Waals surface area contributed by atoms with E-state index in [1.807, 2.05) is 44.7 Å². The zero-order valence-corrected chi connectivity index (χ0v) is 18.8. The topological polar surface area (TPSA) is 41.6 Å². The summed E-state index contributed by atoms with van der Waals surface area (Å²) >= 11 is 1.81. The summed E-state index contributed by atoms with van der Waals surface area (Å²) in [6.45, 7) is 9.22. The highest BCUT2D eigenvalue weighted by Gasteiger charge is 2.25. The maximum absolute atomic E-state index is 12.8. The summed E-state index contributed by atoms with van der Waals surface area (Å²) < 4.78 is 5.20. The number of benzene rings is 1. The molecule has 1 atom stereocenters. The number of rotatable bonds is 12. The van der Waals surface area contributed by atoms with Gasteiger partial charge in [-0.15, -0.1) is 11.8 Å². The van der Waals surface area contributed by atoms with Crippen LogP contribution in [-0.4, -0.2) is 48.8 Å². The van der Waals surface area contributed by atoms with Crippen molar-refractivity contribution in [2.24, 2.45) is 0 Å². The number of hydrogen-bond acceptors (Lipinski definition) is 4. The van der Waals surface area contributed by atoms with Crippen molar-refractivity contribution in [2.45, 2.75) is 76.3 Å². The second kappa shape index (κ2) is 12.3. The van der Waals surface area contributed by atoms with E-state index in [4.69, 9.17) is 4.74 Å². The van der Waals surface area contributed by atoms with E-state index in [0.29, 0.717) is 0 Å². The van der Waals surface area contributed by atoms with Gasteiger partial charge < -0.3 is 10.1 Å². The number of nitrogens with zero attached hydrogens (tertiary/aromatic N) is 1. The molecular weight excluding hydrogens is 356 g/mol. The molecule has 0 aliphatic heterocycles. The van der Waals surface area contributed by atoms with Crippen LogP contribution in [0.15, 0.2) is 29.2 Å². The van der Waals surface area contributed by atoms with Gasteiger partial charge in [0, 0.05) is 22.7 Å². The first-order valence-electron chi connectivity index (χ1n) is 10.1. The molecule has 1 unspecified atom stereocenters. The molecular formula is C22H38N2O2S. The van der Waals surface area contributed by atoms with Crippen molar-refractivity contribution in [1.29, 1.82) is 0 Å². The normalized spacial score (nSPS) is 12.9. The van der Waals surface area contributed by atoms with Gasteiger partial charge in [0.25, 0.3) is 0 Å². The number of methoxy groups -OCH3 is 1. The fraction of sp³-hybridized carbons (Fsp3) is 0.682. The maximum atomic E-state index is 12.8. The highest BCUT2D eigenvalue weighted by atomic mass is 32.2. The molecule has 0 spiro atoms. The molecule has 0 bridgehead atoms. The number of hydrogen-bond donors (Lipinski definition) is 1. The average molecular weight is 395 g/mol. The van der Waals surface area contributed by atoms with E-state index >= 15 is 0 Å². The van der Waals surface area contributed by atoms with E-state index in [-0.39, 0.29) is 17.5 Å². The number of carbonyl (C=O) groups is 1. The third-order valence-corrected chi connectivity index (χ3v) is 5.43. The van der Waals surface area contributed by atoms with Crippen molar-refractivity contribution in [3.63, 3.8) is 0 Å². The average Bonchev–Trinajstić information content (AvgIpc) is 2.60. The SMILES string of the molecule is CCCCCCC(C(=O)NC(C)(C)C)N(C)CCSc1ccc(OC)cc1. The molecule has 0 aliphatic carbocycles. The first kappa shape index (κ1) is 23.8. The molecule has 5 heteroatoms. The van der Waals surface area contributed by atoms with Crippen LogP contribution in [0, 0.1) is 0 Å². The summed E-state index contributed by atoms with van der Waals surface area (Å²) in [4.78, 5) is 16.2.